The van der Waals surface area contributed by atoms with Crippen LogP contribution in [-0.2, 0) is 4.74 Å². The fraction of sp³-hybridized carbons (Fsp3) is 0.536. The second kappa shape index (κ2) is 12.3. The highest BCUT2D eigenvalue weighted by molar-refractivity contribution is 5.97. The van der Waals surface area contributed by atoms with E-state index in [1.54, 1.807) is 29.6 Å². The summed E-state index contributed by atoms with van der Waals surface area (Å²) < 4.78 is 11.9. The van der Waals surface area contributed by atoms with Crippen LogP contribution in [0, 0.1) is 23.7 Å². The Morgan fingerprint density at radius 3 is 2.64 bits per heavy atom. The van der Waals surface area contributed by atoms with Crippen LogP contribution in [0.3, 0.4) is 0 Å². The number of aromatic nitrogens is 2. The molecule has 0 aromatic carbocycles. The number of ether oxygens (including phenoxy) is 2. The van der Waals surface area contributed by atoms with E-state index in [9.17, 15) is 9.90 Å². The molecule has 0 spiro atoms. The van der Waals surface area contributed by atoms with Crippen molar-refractivity contribution in [2.75, 3.05) is 46.5 Å². The normalized spacial score (nSPS) is 21.6. The number of rotatable bonds is 6. The average molecular weight is 493 g/mol. The zero-order valence-electron chi connectivity index (χ0n) is 21.4. The zero-order valence-corrected chi connectivity index (χ0v) is 21.4. The van der Waals surface area contributed by atoms with Crippen molar-refractivity contribution in [1.29, 1.82) is 0 Å². The summed E-state index contributed by atoms with van der Waals surface area (Å²) in [6.45, 7) is 7.69. The third-order valence-corrected chi connectivity index (χ3v) is 6.95. The molecular weight excluding hydrogens is 456 g/mol. The Morgan fingerprint density at radius 1 is 1.19 bits per heavy atom. The summed E-state index contributed by atoms with van der Waals surface area (Å²) in [6, 6.07) is 5.08. The number of carbonyl (C=O) groups is 1. The van der Waals surface area contributed by atoms with E-state index in [0.717, 1.165) is 44.7 Å². The van der Waals surface area contributed by atoms with Crippen LogP contribution in [0.4, 0.5) is 0 Å². The molecule has 2 aliphatic rings. The maximum atomic E-state index is 13.6. The van der Waals surface area contributed by atoms with Crippen molar-refractivity contribution in [3.8, 4) is 17.7 Å². The van der Waals surface area contributed by atoms with Gasteiger partial charge >= 0.3 is 0 Å². The molecule has 36 heavy (non-hydrogen) atoms. The number of hydrogen-bond donors (Lipinski definition) is 1. The van der Waals surface area contributed by atoms with Gasteiger partial charge in [-0.1, -0.05) is 18.8 Å². The number of aliphatic hydroxyl groups excluding tert-OH is 1. The highest BCUT2D eigenvalue weighted by atomic mass is 16.5. The van der Waals surface area contributed by atoms with Crippen LogP contribution in [0.1, 0.15) is 48.2 Å². The fourth-order valence-corrected chi connectivity index (χ4v) is 4.72. The molecule has 4 rings (SSSR count). The summed E-state index contributed by atoms with van der Waals surface area (Å²) >= 11 is 0. The van der Waals surface area contributed by atoms with Gasteiger partial charge in [0.15, 0.2) is 0 Å². The summed E-state index contributed by atoms with van der Waals surface area (Å²) in [5, 5.41) is 9.87. The lowest BCUT2D eigenvalue weighted by Crippen LogP contribution is -2.50. The first kappa shape index (κ1) is 26.1. The van der Waals surface area contributed by atoms with E-state index in [1.807, 2.05) is 19.1 Å². The molecule has 3 atom stereocenters. The SMILES string of the molecule is C[C@H](CO)N1C[C@H](C)[C@@H](CN(C)CC2CCOCC2)Oc2ncc(C#Cc3ccncc3)cc2C1=O. The quantitative estimate of drug-likeness (QED) is 0.620. The number of hydrogen-bond acceptors (Lipinski definition) is 7. The topological polar surface area (TPSA) is 88.0 Å². The third-order valence-electron chi connectivity index (χ3n) is 6.95. The van der Waals surface area contributed by atoms with E-state index < -0.39 is 0 Å². The van der Waals surface area contributed by atoms with E-state index in [2.05, 4.69) is 40.7 Å². The van der Waals surface area contributed by atoms with E-state index in [1.165, 1.54) is 0 Å². The maximum absolute atomic E-state index is 13.6. The molecular formula is C28H36N4O4. The molecule has 0 aliphatic carbocycles. The molecule has 1 fully saturated rings. The smallest absolute Gasteiger partial charge is 0.259 e. The number of likely N-dealkylation sites (N-methyl/N-ethyl adjacent to an activating group) is 1. The van der Waals surface area contributed by atoms with Crippen molar-refractivity contribution in [1.82, 2.24) is 19.8 Å². The van der Waals surface area contributed by atoms with E-state index >= 15 is 0 Å². The lowest BCUT2D eigenvalue weighted by Gasteiger charge is -2.38. The molecule has 0 radical (unpaired) electrons. The van der Waals surface area contributed by atoms with Crippen molar-refractivity contribution in [2.24, 2.45) is 11.8 Å². The zero-order chi connectivity index (χ0) is 25.5. The predicted octanol–water partition coefficient (Wildman–Crippen LogP) is 2.45. The maximum Gasteiger partial charge on any atom is 0.259 e. The van der Waals surface area contributed by atoms with Crippen molar-refractivity contribution in [2.45, 2.75) is 38.8 Å². The molecule has 2 aliphatic heterocycles. The van der Waals surface area contributed by atoms with Crippen LogP contribution in [-0.4, -0.2) is 89.4 Å². The third kappa shape index (κ3) is 6.61. The van der Waals surface area contributed by atoms with Gasteiger partial charge in [-0.2, -0.15) is 0 Å². The first-order valence-corrected chi connectivity index (χ1v) is 12.7. The Balaban J connectivity index is 1.59. The van der Waals surface area contributed by atoms with E-state index in [-0.39, 0.29) is 30.6 Å². The van der Waals surface area contributed by atoms with Crippen LogP contribution in [0.2, 0.25) is 0 Å². The first-order chi connectivity index (χ1) is 17.4. The number of carbonyl (C=O) groups excluding carboxylic acids is 1. The molecule has 192 valence electrons. The fourth-order valence-electron chi connectivity index (χ4n) is 4.72. The van der Waals surface area contributed by atoms with Gasteiger partial charge < -0.3 is 24.4 Å². The predicted molar refractivity (Wildman–Crippen MR) is 137 cm³/mol. The lowest BCUT2D eigenvalue weighted by molar-refractivity contribution is 0.0254. The molecule has 0 saturated carbocycles. The van der Waals surface area contributed by atoms with Crippen LogP contribution in [0.15, 0.2) is 36.8 Å². The van der Waals surface area contributed by atoms with Crippen molar-refractivity contribution in [3.63, 3.8) is 0 Å². The van der Waals surface area contributed by atoms with Crippen molar-refractivity contribution >= 4 is 5.91 Å². The Bertz CT molecular complexity index is 1080. The van der Waals surface area contributed by atoms with E-state index in [0.29, 0.717) is 29.5 Å². The Kier molecular flexibility index (Phi) is 8.92. The molecule has 8 heteroatoms. The number of fused-ring (bicyclic) bond motifs is 1. The van der Waals surface area contributed by atoms with Gasteiger partial charge in [0.05, 0.1) is 12.6 Å². The molecule has 1 amide bonds. The molecule has 1 saturated heterocycles. The monoisotopic (exact) mass is 492 g/mol. The van der Waals surface area contributed by atoms with Crippen LogP contribution in [0.5, 0.6) is 5.88 Å². The van der Waals surface area contributed by atoms with Crippen molar-refractivity contribution < 1.29 is 19.4 Å². The van der Waals surface area contributed by atoms with Gasteiger partial charge in [-0.15, -0.1) is 0 Å². The molecule has 0 bridgehead atoms. The minimum absolute atomic E-state index is 0.0567. The Labute approximate surface area is 213 Å². The van der Waals surface area contributed by atoms with E-state index in [4.69, 9.17) is 9.47 Å². The number of nitrogens with zero attached hydrogens (tertiary/aromatic N) is 4. The Morgan fingerprint density at radius 2 is 1.92 bits per heavy atom. The van der Waals surface area contributed by atoms with Gasteiger partial charge in [0.25, 0.3) is 5.91 Å². The summed E-state index contributed by atoms with van der Waals surface area (Å²) in [7, 11) is 2.12. The highest BCUT2D eigenvalue weighted by Gasteiger charge is 2.34. The van der Waals surface area contributed by atoms with Crippen LogP contribution >= 0.6 is 0 Å². The molecule has 0 unspecified atom stereocenters. The van der Waals surface area contributed by atoms with Crippen molar-refractivity contribution in [3.05, 3.63) is 53.5 Å². The Hall–Kier alpha value is -2.99. The van der Waals surface area contributed by atoms with Gasteiger partial charge in [-0.25, -0.2) is 4.98 Å². The largest absolute Gasteiger partial charge is 0.472 e. The molecule has 8 nitrogen and oxygen atoms in total. The first-order valence-electron chi connectivity index (χ1n) is 12.7. The minimum atomic E-state index is -0.321. The number of amides is 1. The number of aliphatic hydroxyl groups is 1. The molecule has 2 aromatic heterocycles. The number of pyridine rings is 2. The molecule has 1 N–H and O–H groups in total. The summed E-state index contributed by atoms with van der Waals surface area (Å²) in [6.07, 6.45) is 7.03. The second-order valence-corrected chi connectivity index (χ2v) is 9.96. The molecule has 4 heterocycles. The van der Waals surface area contributed by atoms with Gasteiger partial charge in [-0.05, 0) is 50.9 Å². The van der Waals surface area contributed by atoms with Gasteiger partial charge in [0, 0.05) is 68.5 Å². The second-order valence-electron chi connectivity index (χ2n) is 9.96. The molecule has 2 aromatic rings. The highest BCUT2D eigenvalue weighted by Crippen LogP contribution is 2.27. The van der Waals surface area contributed by atoms with Crippen LogP contribution in [0.25, 0.3) is 0 Å². The summed E-state index contributed by atoms with van der Waals surface area (Å²) in [5.41, 5.74) is 1.83. The van der Waals surface area contributed by atoms with Crippen LogP contribution < -0.4 is 4.74 Å². The van der Waals surface area contributed by atoms with Gasteiger partial charge in [0.1, 0.15) is 11.7 Å². The minimum Gasteiger partial charge on any atom is -0.472 e. The standard InChI is InChI=1S/C28H36N4O4/c1-20-16-32(21(2)19-33)28(34)25-14-24(5-4-22-6-10-29-11-7-22)15-30-27(25)36-26(20)18-31(3)17-23-8-12-35-13-9-23/h6-7,10-11,14-15,20-21,23,26,33H,8-9,12-13,16-19H2,1-3H3/t20-,21+,26+/m0/s1. The van der Waals surface area contributed by atoms with Gasteiger partial charge in [-0.3, -0.25) is 9.78 Å². The van der Waals surface area contributed by atoms with Gasteiger partial charge in [0.2, 0.25) is 5.88 Å². The summed E-state index contributed by atoms with van der Waals surface area (Å²) in [4.78, 5) is 26.2. The summed E-state index contributed by atoms with van der Waals surface area (Å²) in [5.74, 6) is 6.97. The lowest BCUT2D eigenvalue weighted by atomic mass is 9.97. The average Bonchev–Trinajstić information content (AvgIpc) is 2.90.